The number of aliphatic hydroxyl groups excluding tert-OH is 1. The van der Waals surface area contributed by atoms with Crippen LogP contribution in [0.25, 0.3) is 0 Å². The molecule has 1 aromatic rings. The molecule has 1 aromatic carbocycles. The Morgan fingerprint density at radius 3 is 2.69 bits per heavy atom. The number of hydrogen-bond acceptors (Lipinski definition) is 3. The zero-order chi connectivity index (χ0) is 12.0. The molecule has 1 N–H and O–H groups in total. The molecule has 0 spiro atoms. The molecule has 1 rings (SSSR count). The van der Waals surface area contributed by atoms with E-state index in [1.54, 1.807) is 0 Å². The van der Waals surface area contributed by atoms with Crippen LogP contribution < -0.4 is 4.90 Å². The lowest BCUT2D eigenvalue weighted by Crippen LogP contribution is -2.24. The highest BCUT2D eigenvalue weighted by molar-refractivity contribution is 5.78. The molecule has 0 fully saturated rings. The molecule has 0 saturated heterocycles. The van der Waals surface area contributed by atoms with Crippen molar-refractivity contribution in [1.29, 1.82) is 0 Å². The van der Waals surface area contributed by atoms with Crippen LogP contribution in [0.1, 0.15) is 29.3 Å². The highest BCUT2D eigenvalue weighted by atomic mass is 16.3. The summed E-state index contributed by atoms with van der Waals surface area (Å²) in [5.41, 5.74) is 2.84. The van der Waals surface area contributed by atoms with Gasteiger partial charge in [-0.1, -0.05) is 0 Å². The zero-order valence-corrected chi connectivity index (χ0v) is 9.94. The number of benzene rings is 1. The lowest BCUT2D eigenvalue weighted by molar-refractivity contribution is 0.112. The molecule has 0 unspecified atom stereocenters. The molecule has 0 aliphatic carbocycles. The number of aryl methyl sites for hydroxylation is 1. The second kappa shape index (κ2) is 6.28. The van der Waals surface area contributed by atoms with Crippen molar-refractivity contribution in [2.24, 2.45) is 0 Å². The van der Waals surface area contributed by atoms with Gasteiger partial charge in [0.25, 0.3) is 0 Å². The Morgan fingerprint density at radius 1 is 1.44 bits per heavy atom. The van der Waals surface area contributed by atoms with Gasteiger partial charge in [-0.15, -0.1) is 0 Å². The summed E-state index contributed by atoms with van der Waals surface area (Å²) in [6.45, 7) is 5.97. The van der Waals surface area contributed by atoms with Crippen LogP contribution in [0.4, 0.5) is 5.69 Å². The largest absolute Gasteiger partial charge is 0.396 e. The molecule has 0 radical (unpaired) electrons. The van der Waals surface area contributed by atoms with Gasteiger partial charge in [-0.2, -0.15) is 0 Å². The van der Waals surface area contributed by atoms with Crippen molar-refractivity contribution >= 4 is 12.0 Å². The second-order valence-corrected chi connectivity index (χ2v) is 3.82. The first-order valence-corrected chi connectivity index (χ1v) is 5.64. The van der Waals surface area contributed by atoms with Gasteiger partial charge in [-0.05, 0) is 44.0 Å². The monoisotopic (exact) mass is 221 g/mol. The SMILES string of the molecule is CCN(CCCO)c1ccc(C=O)c(C)c1. The second-order valence-electron chi connectivity index (χ2n) is 3.82. The number of aldehydes is 1. The molecule has 0 heterocycles. The van der Waals surface area contributed by atoms with E-state index in [2.05, 4.69) is 11.8 Å². The summed E-state index contributed by atoms with van der Waals surface area (Å²) in [4.78, 5) is 12.9. The fourth-order valence-corrected chi connectivity index (χ4v) is 1.72. The Balaban J connectivity index is 2.84. The van der Waals surface area contributed by atoms with Crippen LogP contribution >= 0.6 is 0 Å². The number of carbonyl (C=O) groups is 1. The standard InChI is InChI=1S/C13H19NO2/c1-3-14(7-4-8-15)13-6-5-12(10-16)11(2)9-13/h5-6,9-10,15H,3-4,7-8H2,1-2H3. The number of aliphatic hydroxyl groups is 1. The quantitative estimate of drug-likeness (QED) is 0.747. The normalized spacial score (nSPS) is 10.2. The molecule has 88 valence electrons. The van der Waals surface area contributed by atoms with Crippen molar-refractivity contribution in [2.45, 2.75) is 20.3 Å². The lowest BCUT2D eigenvalue weighted by Gasteiger charge is -2.23. The van der Waals surface area contributed by atoms with Crippen molar-refractivity contribution in [1.82, 2.24) is 0 Å². The molecule has 3 heteroatoms. The third-order valence-corrected chi connectivity index (χ3v) is 2.71. The summed E-state index contributed by atoms with van der Waals surface area (Å²) in [6.07, 6.45) is 1.64. The molecule has 0 aromatic heterocycles. The van der Waals surface area contributed by atoms with Crippen LogP contribution in [0.2, 0.25) is 0 Å². The minimum atomic E-state index is 0.210. The number of nitrogens with zero attached hydrogens (tertiary/aromatic N) is 1. The molecule has 0 saturated carbocycles. The highest BCUT2D eigenvalue weighted by Crippen LogP contribution is 2.18. The molecule has 3 nitrogen and oxygen atoms in total. The average Bonchev–Trinajstić information content (AvgIpc) is 2.30. The van der Waals surface area contributed by atoms with Gasteiger partial charge in [0.05, 0.1) is 0 Å². The Labute approximate surface area is 96.7 Å². The maximum atomic E-state index is 10.7. The smallest absolute Gasteiger partial charge is 0.150 e. The van der Waals surface area contributed by atoms with Gasteiger partial charge >= 0.3 is 0 Å². The van der Waals surface area contributed by atoms with Crippen LogP contribution in [0, 0.1) is 6.92 Å². The molecule has 0 aliphatic heterocycles. The summed E-state index contributed by atoms with van der Waals surface area (Å²) in [5.74, 6) is 0. The van der Waals surface area contributed by atoms with Crippen LogP contribution in [-0.4, -0.2) is 31.1 Å². The summed E-state index contributed by atoms with van der Waals surface area (Å²) in [6, 6.07) is 5.82. The van der Waals surface area contributed by atoms with Gasteiger partial charge in [0.2, 0.25) is 0 Å². The maximum absolute atomic E-state index is 10.7. The van der Waals surface area contributed by atoms with E-state index in [0.717, 1.165) is 42.6 Å². The minimum absolute atomic E-state index is 0.210. The van der Waals surface area contributed by atoms with Crippen molar-refractivity contribution < 1.29 is 9.90 Å². The average molecular weight is 221 g/mol. The van der Waals surface area contributed by atoms with Gasteiger partial charge in [0, 0.05) is 30.9 Å². The van der Waals surface area contributed by atoms with E-state index < -0.39 is 0 Å². The first kappa shape index (κ1) is 12.7. The lowest BCUT2D eigenvalue weighted by atomic mass is 10.1. The third kappa shape index (κ3) is 3.07. The van der Waals surface area contributed by atoms with Crippen molar-refractivity contribution in [3.05, 3.63) is 29.3 Å². The number of hydrogen-bond donors (Lipinski definition) is 1. The molecular formula is C13H19NO2. The molecule has 16 heavy (non-hydrogen) atoms. The Hall–Kier alpha value is -1.35. The van der Waals surface area contributed by atoms with Crippen molar-refractivity contribution in [3.63, 3.8) is 0 Å². The fraction of sp³-hybridized carbons (Fsp3) is 0.462. The Morgan fingerprint density at radius 2 is 2.19 bits per heavy atom. The molecular weight excluding hydrogens is 202 g/mol. The summed E-state index contributed by atoms with van der Waals surface area (Å²) >= 11 is 0. The fourth-order valence-electron chi connectivity index (χ4n) is 1.72. The van der Waals surface area contributed by atoms with E-state index in [0.29, 0.717) is 0 Å². The van der Waals surface area contributed by atoms with Crippen LogP contribution in [0.3, 0.4) is 0 Å². The number of carbonyl (C=O) groups excluding carboxylic acids is 1. The topological polar surface area (TPSA) is 40.5 Å². The summed E-state index contributed by atoms with van der Waals surface area (Å²) < 4.78 is 0. The van der Waals surface area contributed by atoms with Gasteiger partial charge < -0.3 is 10.0 Å². The van der Waals surface area contributed by atoms with Gasteiger partial charge in [0.1, 0.15) is 6.29 Å². The molecule has 0 bridgehead atoms. The number of rotatable bonds is 6. The van der Waals surface area contributed by atoms with Crippen LogP contribution in [-0.2, 0) is 0 Å². The molecule has 0 atom stereocenters. The molecule has 0 amide bonds. The van der Waals surface area contributed by atoms with E-state index in [-0.39, 0.29) is 6.61 Å². The Kier molecular flexibility index (Phi) is 4.99. The van der Waals surface area contributed by atoms with Gasteiger partial charge in [-0.25, -0.2) is 0 Å². The van der Waals surface area contributed by atoms with Crippen LogP contribution in [0.5, 0.6) is 0 Å². The summed E-state index contributed by atoms with van der Waals surface area (Å²) in [7, 11) is 0. The first-order valence-electron chi connectivity index (χ1n) is 5.64. The van der Waals surface area contributed by atoms with Gasteiger partial charge in [0.15, 0.2) is 0 Å². The first-order chi connectivity index (χ1) is 7.72. The van der Waals surface area contributed by atoms with Crippen LogP contribution in [0.15, 0.2) is 18.2 Å². The van der Waals surface area contributed by atoms with E-state index in [1.165, 1.54) is 0 Å². The van der Waals surface area contributed by atoms with Crippen molar-refractivity contribution in [3.8, 4) is 0 Å². The highest BCUT2D eigenvalue weighted by Gasteiger charge is 2.05. The maximum Gasteiger partial charge on any atom is 0.150 e. The van der Waals surface area contributed by atoms with E-state index in [9.17, 15) is 4.79 Å². The van der Waals surface area contributed by atoms with Crippen molar-refractivity contribution in [2.75, 3.05) is 24.6 Å². The van der Waals surface area contributed by atoms with Gasteiger partial charge in [-0.3, -0.25) is 4.79 Å². The molecule has 0 aliphatic rings. The van der Waals surface area contributed by atoms with E-state index >= 15 is 0 Å². The zero-order valence-electron chi connectivity index (χ0n) is 9.94. The predicted octanol–water partition coefficient (Wildman–Crippen LogP) is 2.02. The number of anilines is 1. The van der Waals surface area contributed by atoms with E-state index in [1.807, 2.05) is 25.1 Å². The summed E-state index contributed by atoms with van der Waals surface area (Å²) in [5, 5.41) is 8.82. The predicted molar refractivity (Wildman–Crippen MR) is 66.2 cm³/mol. The van der Waals surface area contributed by atoms with E-state index in [4.69, 9.17) is 5.11 Å². The third-order valence-electron chi connectivity index (χ3n) is 2.71. The Bertz CT molecular complexity index is 350. The minimum Gasteiger partial charge on any atom is -0.396 e.